The van der Waals surface area contributed by atoms with Crippen LogP contribution >= 0.6 is 11.8 Å². The Bertz CT molecular complexity index is 543. The number of ether oxygens (including phenoxy) is 1. The Hall–Kier alpha value is -1.81. The highest BCUT2D eigenvalue weighted by molar-refractivity contribution is 7.99. The van der Waals surface area contributed by atoms with Gasteiger partial charge in [-0.2, -0.15) is 0 Å². The summed E-state index contributed by atoms with van der Waals surface area (Å²) in [6.07, 6.45) is 1.72. The lowest BCUT2D eigenvalue weighted by Gasteiger charge is -2.08. The topological polar surface area (TPSA) is 39.2 Å². The Morgan fingerprint density at radius 2 is 2.00 bits per heavy atom. The second kappa shape index (κ2) is 6.95. The molecule has 0 aliphatic rings. The van der Waals surface area contributed by atoms with Crippen molar-refractivity contribution in [1.29, 1.82) is 0 Å². The fourth-order valence-electron chi connectivity index (χ4n) is 1.63. The number of carbonyl (C=O) groups is 1. The molecule has 0 spiro atoms. The Morgan fingerprint density at radius 3 is 2.74 bits per heavy atom. The standard InChI is InChI=1S/C15H15NO2S/c1-2-18-14-8-4-3-7-12(14)13(17)11-19-15-9-5-6-10-16-15/h3-10H,2,11H2,1H3. The van der Waals surface area contributed by atoms with E-state index in [0.717, 1.165) is 5.03 Å². The number of Topliss-reactive ketones (excluding diaryl/α,β-unsaturated/α-hetero) is 1. The number of hydrogen-bond donors (Lipinski definition) is 0. The molecule has 0 aliphatic heterocycles. The van der Waals surface area contributed by atoms with E-state index in [1.165, 1.54) is 11.8 Å². The maximum atomic E-state index is 12.2. The van der Waals surface area contributed by atoms with E-state index in [-0.39, 0.29) is 5.78 Å². The molecule has 0 aliphatic carbocycles. The van der Waals surface area contributed by atoms with Crippen molar-refractivity contribution in [3.63, 3.8) is 0 Å². The van der Waals surface area contributed by atoms with Crippen molar-refractivity contribution in [1.82, 2.24) is 4.98 Å². The third-order valence-electron chi connectivity index (χ3n) is 2.48. The number of para-hydroxylation sites is 1. The number of thioether (sulfide) groups is 1. The molecule has 0 unspecified atom stereocenters. The minimum absolute atomic E-state index is 0.0553. The van der Waals surface area contributed by atoms with Gasteiger partial charge in [0.1, 0.15) is 5.75 Å². The van der Waals surface area contributed by atoms with Crippen LogP contribution in [0.4, 0.5) is 0 Å². The zero-order valence-corrected chi connectivity index (χ0v) is 11.5. The Morgan fingerprint density at radius 1 is 1.21 bits per heavy atom. The van der Waals surface area contributed by atoms with Gasteiger partial charge in [0.05, 0.1) is 22.9 Å². The number of carbonyl (C=O) groups excluding carboxylic acids is 1. The highest BCUT2D eigenvalue weighted by Crippen LogP contribution is 2.22. The second-order valence-corrected chi connectivity index (χ2v) is 4.80. The van der Waals surface area contributed by atoms with E-state index in [9.17, 15) is 4.79 Å². The van der Waals surface area contributed by atoms with E-state index in [1.54, 1.807) is 12.3 Å². The smallest absolute Gasteiger partial charge is 0.176 e. The predicted molar refractivity (Wildman–Crippen MR) is 76.9 cm³/mol. The first-order valence-electron chi connectivity index (χ1n) is 6.10. The van der Waals surface area contributed by atoms with Crippen LogP contribution in [0.15, 0.2) is 53.7 Å². The van der Waals surface area contributed by atoms with Gasteiger partial charge in [-0.15, -0.1) is 0 Å². The molecule has 4 heteroatoms. The van der Waals surface area contributed by atoms with Crippen LogP contribution in [-0.2, 0) is 0 Å². The minimum Gasteiger partial charge on any atom is -0.493 e. The Kier molecular flexibility index (Phi) is 4.98. The van der Waals surface area contributed by atoms with E-state index in [1.807, 2.05) is 43.3 Å². The zero-order chi connectivity index (χ0) is 13.5. The highest BCUT2D eigenvalue weighted by Gasteiger charge is 2.12. The molecular formula is C15H15NO2S. The number of benzene rings is 1. The first-order valence-corrected chi connectivity index (χ1v) is 7.08. The van der Waals surface area contributed by atoms with E-state index in [4.69, 9.17) is 4.74 Å². The van der Waals surface area contributed by atoms with E-state index < -0.39 is 0 Å². The number of rotatable bonds is 6. The van der Waals surface area contributed by atoms with Crippen molar-refractivity contribution in [2.24, 2.45) is 0 Å². The van der Waals surface area contributed by atoms with Gasteiger partial charge in [-0.25, -0.2) is 4.98 Å². The summed E-state index contributed by atoms with van der Waals surface area (Å²) in [6.45, 7) is 2.46. The molecule has 0 saturated heterocycles. The monoisotopic (exact) mass is 273 g/mol. The van der Waals surface area contributed by atoms with Crippen LogP contribution < -0.4 is 4.74 Å². The number of pyridine rings is 1. The average Bonchev–Trinajstić information content (AvgIpc) is 2.47. The summed E-state index contributed by atoms with van der Waals surface area (Å²) in [7, 11) is 0. The molecule has 1 aromatic carbocycles. The lowest BCUT2D eigenvalue weighted by Crippen LogP contribution is -2.06. The summed E-state index contributed by atoms with van der Waals surface area (Å²) in [5.74, 6) is 1.07. The third kappa shape index (κ3) is 3.83. The van der Waals surface area contributed by atoms with Crippen LogP contribution in [0.3, 0.4) is 0 Å². The van der Waals surface area contributed by atoms with Gasteiger partial charge in [0.15, 0.2) is 5.78 Å². The highest BCUT2D eigenvalue weighted by atomic mass is 32.2. The van der Waals surface area contributed by atoms with E-state index >= 15 is 0 Å². The second-order valence-electron chi connectivity index (χ2n) is 3.81. The molecule has 0 N–H and O–H groups in total. The van der Waals surface area contributed by atoms with Gasteiger partial charge in [-0.3, -0.25) is 4.79 Å². The summed E-state index contributed by atoms with van der Waals surface area (Å²) >= 11 is 1.43. The molecule has 0 fully saturated rings. The molecule has 2 rings (SSSR count). The molecule has 0 atom stereocenters. The number of ketones is 1. The van der Waals surface area contributed by atoms with E-state index in [0.29, 0.717) is 23.7 Å². The fraction of sp³-hybridized carbons (Fsp3) is 0.200. The zero-order valence-electron chi connectivity index (χ0n) is 10.7. The molecule has 2 aromatic rings. The third-order valence-corrected chi connectivity index (χ3v) is 3.42. The summed E-state index contributed by atoms with van der Waals surface area (Å²) in [4.78, 5) is 16.4. The first-order chi connectivity index (χ1) is 9.31. The number of hydrogen-bond acceptors (Lipinski definition) is 4. The maximum Gasteiger partial charge on any atom is 0.176 e. The first kappa shape index (κ1) is 13.6. The van der Waals surface area contributed by atoms with Crippen molar-refractivity contribution in [3.8, 4) is 5.75 Å². The van der Waals surface area contributed by atoms with Crippen molar-refractivity contribution in [2.75, 3.05) is 12.4 Å². The SMILES string of the molecule is CCOc1ccccc1C(=O)CSc1ccccn1. The number of nitrogens with zero attached hydrogens (tertiary/aromatic N) is 1. The predicted octanol–water partition coefficient (Wildman–Crippen LogP) is 3.46. The van der Waals surface area contributed by atoms with Gasteiger partial charge >= 0.3 is 0 Å². The van der Waals surface area contributed by atoms with Gasteiger partial charge in [-0.05, 0) is 31.2 Å². The molecule has 0 amide bonds. The van der Waals surface area contributed by atoms with Gasteiger partial charge in [-0.1, -0.05) is 30.0 Å². The van der Waals surface area contributed by atoms with Crippen LogP contribution in [0.1, 0.15) is 17.3 Å². The van der Waals surface area contributed by atoms with Gasteiger partial charge in [0, 0.05) is 6.20 Å². The molecule has 98 valence electrons. The fourth-order valence-corrected chi connectivity index (χ4v) is 2.37. The number of aromatic nitrogens is 1. The van der Waals surface area contributed by atoms with Crippen LogP contribution in [0.2, 0.25) is 0 Å². The maximum absolute atomic E-state index is 12.2. The average molecular weight is 273 g/mol. The molecule has 1 aromatic heterocycles. The van der Waals surface area contributed by atoms with Crippen molar-refractivity contribution < 1.29 is 9.53 Å². The lowest BCUT2D eigenvalue weighted by molar-refractivity contribution is 0.101. The van der Waals surface area contributed by atoms with E-state index in [2.05, 4.69) is 4.98 Å². The quantitative estimate of drug-likeness (QED) is 0.597. The van der Waals surface area contributed by atoms with Crippen LogP contribution in [0, 0.1) is 0 Å². The molecular weight excluding hydrogens is 258 g/mol. The Labute approximate surface area is 117 Å². The van der Waals surface area contributed by atoms with Crippen LogP contribution in [-0.4, -0.2) is 23.1 Å². The minimum atomic E-state index is 0.0553. The summed E-state index contributed by atoms with van der Waals surface area (Å²) < 4.78 is 5.46. The summed E-state index contributed by atoms with van der Waals surface area (Å²) in [5.41, 5.74) is 0.632. The van der Waals surface area contributed by atoms with Crippen LogP contribution in [0.5, 0.6) is 5.75 Å². The van der Waals surface area contributed by atoms with Crippen molar-refractivity contribution >= 4 is 17.5 Å². The van der Waals surface area contributed by atoms with Gasteiger partial charge < -0.3 is 4.74 Å². The molecule has 0 bridgehead atoms. The summed E-state index contributed by atoms with van der Waals surface area (Å²) in [6, 6.07) is 13.0. The van der Waals surface area contributed by atoms with Gasteiger partial charge in [0.25, 0.3) is 0 Å². The normalized spacial score (nSPS) is 10.2. The molecule has 0 radical (unpaired) electrons. The van der Waals surface area contributed by atoms with Crippen LogP contribution in [0.25, 0.3) is 0 Å². The van der Waals surface area contributed by atoms with Gasteiger partial charge in [0.2, 0.25) is 0 Å². The van der Waals surface area contributed by atoms with Crippen molar-refractivity contribution in [3.05, 3.63) is 54.2 Å². The lowest BCUT2D eigenvalue weighted by atomic mass is 10.1. The molecule has 3 nitrogen and oxygen atoms in total. The molecule has 0 saturated carbocycles. The molecule has 1 heterocycles. The summed E-state index contributed by atoms with van der Waals surface area (Å²) in [5, 5.41) is 0.852. The molecule has 19 heavy (non-hydrogen) atoms. The largest absolute Gasteiger partial charge is 0.493 e. The Balaban J connectivity index is 2.04. The van der Waals surface area contributed by atoms with Crippen molar-refractivity contribution in [2.45, 2.75) is 11.9 Å².